The van der Waals surface area contributed by atoms with Crippen LogP contribution in [0.4, 0.5) is 0 Å². The van der Waals surface area contributed by atoms with Crippen LogP contribution >= 0.6 is 0 Å². The van der Waals surface area contributed by atoms with Crippen LogP contribution in [-0.4, -0.2) is 12.6 Å². The van der Waals surface area contributed by atoms with Crippen molar-refractivity contribution in [3.8, 4) is 0 Å². The average Bonchev–Trinajstić information content (AvgIpc) is 2.17. The van der Waals surface area contributed by atoms with Gasteiger partial charge in [0.1, 0.15) is 0 Å². The van der Waals surface area contributed by atoms with Gasteiger partial charge in [0.25, 0.3) is 0 Å². The lowest BCUT2D eigenvalue weighted by molar-refractivity contribution is 0.132. The van der Waals surface area contributed by atoms with Crippen LogP contribution in [-0.2, 0) is 0 Å². The van der Waals surface area contributed by atoms with Crippen LogP contribution in [0.15, 0.2) is 12.7 Å². The molecule has 0 spiro atoms. The minimum absolute atomic E-state index is 0.451. The van der Waals surface area contributed by atoms with Crippen molar-refractivity contribution in [3.05, 3.63) is 12.7 Å². The van der Waals surface area contributed by atoms with Crippen LogP contribution < -0.4 is 5.32 Å². The average molecular weight is 209 g/mol. The second kappa shape index (κ2) is 5.69. The van der Waals surface area contributed by atoms with E-state index in [1.165, 1.54) is 25.7 Å². The standard InChI is InChI=1S/C14H27N/c1-5-6-11-15-13-10-8-7-9-12(13)14(2,3)4/h5,12-13,15H,1,6-11H2,2-4H3. The third kappa shape index (κ3) is 3.98. The van der Waals surface area contributed by atoms with E-state index in [4.69, 9.17) is 0 Å². The van der Waals surface area contributed by atoms with E-state index in [9.17, 15) is 0 Å². The Hall–Kier alpha value is -0.300. The summed E-state index contributed by atoms with van der Waals surface area (Å²) in [4.78, 5) is 0. The Kier molecular flexibility index (Phi) is 4.85. The quantitative estimate of drug-likeness (QED) is 0.549. The summed E-state index contributed by atoms with van der Waals surface area (Å²) in [5.74, 6) is 0.844. The van der Waals surface area contributed by atoms with Gasteiger partial charge >= 0.3 is 0 Å². The maximum absolute atomic E-state index is 3.77. The second-order valence-corrected chi connectivity index (χ2v) is 5.89. The van der Waals surface area contributed by atoms with Crippen molar-refractivity contribution >= 4 is 0 Å². The Labute approximate surface area is 95.3 Å². The van der Waals surface area contributed by atoms with E-state index >= 15 is 0 Å². The first-order chi connectivity index (χ1) is 7.05. The normalized spacial score (nSPS) is 27.7. The van der Waals surface area contributed by atoms with Crippen LogP contribution in [0, 0.1) is 11.3 Å². The molecule has 0 aliphatic heterocycles. The Morgan fingerprint density at radius 1 is 1.27 bits per heavy atom. The summed E-state index contributed by atoms with van der Waals surface area (Å²) < 4.78 is 0. The molecule has 15 heavy (non-hydrogen) atoms. The van der Waals surface area contributed by atoms with Gasteiger partial charge in [-0.05, 0) is 37.1 Å². The summed E-state index contributed by atoms with van der Waals surface area (Å²) in [5.41, 5.74) is 0.451. The van der Waals surface area contributed by atoms with Gasteiger partial charge in [-0.3, -0.25) is 0 Å². The highest BCUT2D eigenvalue weighted by molar-refractivity contribution is 4.88. The summed E-state index contributed by atoms with van der Waals surface area (Å²) in [7, 11) is 0. The fourth-order valence-electron chi connectivity index (χ4n) is 2.78. The molecule has 1 N–H and O–H groups in total. The fourth-order valence-corrected chi connectivity index (χ4v) is 2.78. The van der Waals surface area contributed by atoms with Crippen LogP contribution in [0.2, 0.25) is 0 Å². The van der Waals surface area contributed by atoms with E-state index < -0.39 is 0 Å². The van der Waals surface area contributed by atoms with Crippen molar-refractivity contribution in [2.45, 2.75) is 58.9 Å². The molecular formula is C14H27N. The molecule has 1 rings (SSSR count). The minimum atomic E-state index is 0.451. The Balaban J connectivity index is 2.46. The van der Waals surface area contributed by atoms with E-state index in [0.29, 0.717) is 5.41 Å². The predicted octanol–water partition coefficient (Wildman–Crippen LogP) is 3.76. The molecule has 0 bridgehead atoms. The third-order valence-electron chi connectivity index (χ3n) is 3.63. The summed E-state index contributed by atoms with van der Waals surface area (Å²) in [6, 6.07) is 0.735. The molecule has 0 heterocycles. The van der Waals surface area contributed by atoms with Gasteiger partial charge in [-0.15, -0.1) is 6.58 Å². The Morgan fingerprint density at radius 2 is 1.93 bits per heavy atom. The molecule has 0 aromatic rings. The lowest BCUT2D eigenvalue weighted by Crippen LogP contribution is -2.44. The maximum Gasteiger partial charge on any atom is 0.0100 e. The monoisotopic (exact) mass is 209 g/mol. The molecule has 1 nitrogen and oxygen atoms in total. The van der Waals surface area contributed by atoms with Gasteiger partial charge in [0.15, 0.2) is 0 Å². The Bertz CT molecular complexity index is 190. The molecular weight excluding hydrogens is 182 g/mol. The van der Waals surface area contributed by atoms with E-state index in [0.717, 1.165) is 24.9 Å². The topological polar surface area (TPSA) is 12.0 Å². The van der Waals surface area contributed by atoms with Crippen LogP contribution in [0.3, 0.4) is 0 Å². The minimum Gasteiger partial charge on any atom is -0.313 e. The molecule has 0 aromatic heterocycles. The smallest absolute Gasteiger partial charge is 0.0100 e. The van der Waals surface area contributed by atoms with Crippen molar-refractivity contribution in [1.29, 1.82) is 0 Å². The summed E-state index contributed by atoms with van der Waals surface area (Å²) in [6.07, 6.45) is 8.67. The highest BCUT2D eigenvalue weighted by atomic mass is 14.9. The van der Waals surface area contributed by atoms with Gasteiger partial charge in [-0.25, -0.2) is 0 Å². The highest BCUT2D eigenvalue weighted by Gasteiger charge is 2.33. The van der Waals surface area contributed by atoms with E-state index in [2.05, 4.69) is 32.7 Å². The second-order valence-electron chi connectivity index (χ2n) is 5.89. The van der Waals surface area contributed by atoms with Gasteiger partial charge in [-0.1, -0.05) is 39.7 Å². The van der Waals surface area contributed by atoms with Crippen molar-refractivity contribution in [2.24, 2.45) is 11.3 Å². The van der Waals surface area contributed by atoms with Crippen LogP contribution in [0.25, 0.3) is 0 Å². The van der Waals surface area contributed by atoms with Gasteiger partial charge in [0, 0.05) is 6.04 Å². The van der Waals surface area contributed by atoms with Crippen molar-refractivity contribution in [2.75, 3.05) is 6.54 Å². The number of hydrogen-bond donors (Lipinski definition) is 1. The molecule has 1 aliphatic carbocycles. The molecule has 1 saturated carbocycles. The molecule has 1 heteroatoms. The van der Waals surface area contributed by atoms with E-state index in [1.807, 2.05) is 6.08 Å². The molecule has 0 amide bonds. The molecule has 0 aromatic carbocycles. The van der Waals surface area contributed by atoms with Gasteiger partial charge in [0.2, 0.25) is 0 Å². The fraction of sp³-hybridized carbons (Fsp3) is 0.857. The number of hydrogen-bond acceptors (Lipinski definition) is 1. The molecule has 2 unspecified atom stereocenters. The first-order valence-corrected chi connectivity index (χ1v) is 6.40. The summed E-state index contributed by atoms with van der Waals surface area (Å²) in [6.45, 7) is 12.0. The maximum atomic E-state index is 3.77. The molecule has 1 fully saturated rings. The largest absolute Gasteiger partial charge is 0.313 e. The number of rotatable bonds is 4. The molecule has 0 saturated heterocycles. The van der Waals surface area contributed by atoms with Crippen LogP contribution in [0.5, 0.6) is 0 Å². The predicted molar refractivity (Wildman–Crippen MR) is 68.0 cm³/mol. The van der Waals surface area contributed by atoms with Crippen LogP contribution in [0.1, 0.15) is 52.9 Å². The SMILES string of the molecule is C=CCCNC1CCCCC1C(C)(C)C. The van der Waals surface area contributed by atoms with Crippen molar-refractivity contribution in [1.82, 2.24) is 5.32 Å². The molecule has 88 valence electrons. The van der Waals surface area contributed by atoms with E-state index in [-0.39, 0.29) is 0 Å². The zero-order valence-corrected chi connectivity index (χ0v) is 10.7. The van der Waals surface area contributed by atoms with E-state index in [1.54, 1.807) is 0 Å². The molecule has 1 aliphatic rings. The van der Waals surface area contributed by atoms with Crippen molar-refractivity contribution < 1.29 is 0 Å². The first kappa shape index (κ1) is 12.8. The number of nitrogens with one attached hydrogen (secondary N) is 1. The van der Waals surface area contributed by atoms with Gasteiger partial charge in [-0.2, -0.15) is 0 Å². The molecule has 0 radical (unpaired) electrons. The lowest BCUT2D eigenvalue weighted by Gasteiger charge is -2.41. The summed E-state index contributed by atoms with van der Waals surface area (Å²) in [5, 5.41) is 3.71. The summed E-state index contributed by atoms with van der Waals surface area (Å²) >= 11 is 0. The van der Waals surface area contributed by atoms with Crippen molar-refractivity contribution in [3.63, 3.8) is 0 Å². The zero-order chi connectivity index (χ0) is 11.3. The highest BCUT2D eigenvalue weighted by Crippen LogP contribution is 2.37. The first-order valence-electron chi connectivity index (χ1n) is 6.40. The van der Waals surface area contributed by atoms with Gasteiger partial charge < -0.3 is 5.32 Å². The molecule has 2 atom stereocenters. The lowest BCUT2D eigenvalue weighted by atomic mass is 9.69. The zero-order valence-electron chi connectivity index (χ0n) is 10.7. The third-order valence-corrected chi connectivity index (χ3v) is 3.63. The Morgan fingerprint density at radius 3 is 2.53 bits per heavy atom. The van der Waals surface area contributed by atoms with Gasteiger partial charge in [0.05, 0.1) is 0 Å².